The molecule has 1 aliphatic heterocycles. The number of aliphatic hydroxyl groups excluding tert-OH is 1. The Morgan fingerprint density at radius 3 is 2.48 bits per heavy atom. The summed E-state index contributed by atoms with van der Waals surface area (Å²) >= 11 is 1.68. The molecule has 1 N–H and O–H groups in total. The van der Waals surface area contributed by atoms with Gasteiger partial charge in [0.1, 0.15) is 11.5 Å². The van der Waals surface area contributed by atoms with Crippen LogP contribution in [0.5, 0.6) is 11.5 Å². The van der Waals surface area contributed by atoms with Gasteiger partial charge >= 0.3 is 0 Å². The van der Waals surface area contributed by atoms with E-state index in [1.165, 1.54) is 0 Å². The number of benzene rings is 1. The Bertz CT molecular complexity index is 609. The fourth-order valence-electron chi connectivity index (χ4n) is 2.22. The summed E-state index contributed by atoms with van der Waals surface area (Å²) in [5.74, 6) is 3.67. The van der Waals surface area contributed by atoms with Crippen LogP contribution in [0.1, 0.15) is 11.8 Å². The Morgan fingerprint density at radius 2 is 1.90 bits per heavy atom. The Balaban J connectivity index is 1.92. The summed E-state index contributed by atoms with van der Waals surface area (Å²) in [6, 6.07) is 5.41. The molecule has 2 unspecified atom stereocenters. The smallest absolute Gasteiger partial charge is 0.233 e. The molecule has 21 heavy (non-hydrogen) atoms. The van der Waals surface area contributed by atoms with E-state index in [-0.39, 0.29) is 5.92 Å². The van der Waals surface area contributed by atoms with E-state index in [1.54, 1.807) is 32.0 Å². The van der Waals surface area contributed by atoms with Crippen LogP contribution in [-0.4, -0.2) is 47.1 Å². The van der Waals surface area contributed by atoms with Crippen molar-refractivity contribution in [1.82, 2.24) is 10.1 Å². The van der Waals surface area contributed by atoms with E-state index in [0.717, 1.165) is 11.3 Å². The number of aliphatic hydroxyl groups is 1. The topological polar surface area (TPSA) is 77.6 Å². The summed E-state index contributed by atoms with van der Waals surface area (Å²) in [4.78, 5) is 4.40. The third-order valence-electron chi connectivity index (χ3n) is 3.42. The van der Waals surface area contributed by atoms with E-state index >= 15 is 0 Å². The SMILES string of the molecule is COc1cc(OC)cc(-c2noc(C3CSCC3O)n2)c1. The van der Waals surface area contributed by atoms with Gasteiger partial charge in [-0.05, 0) is 12.1 Å². The van der Waals surface area contributed by atoms with Crippen molar-refractivity contribution in [2.24, 2.45) is 0 Å². The van der Waals surface area contributed by atoms with E-state index in [2.05, 4.69) is 10.1 Å². The number of aromatic nitrogens is 2. The fraction of sp³-hybridized carbons (Fsp3) is 0.429. The van der Waals surface area contributed by atoms with Crippen LogP contribution in [-0.2, 0) is 0 Å². The van der Waals surface area contributed by atoms with E-state index in [9.17, 15) is 5.11 Å². The lowest BCUT2D eigenvalue weighted by molar-refractivity contribution is 0.164. The van der Waals surface area contributed by atoms with Crippen LogP contribution in [0.2, 0.25) is 0 Å². The molecule has 0 aliphatic carbocycles. The maximum absolute atomic E-state index is 9.90. The van der Waals surface area contributed by atoms with Crippen molar-refractivity contribution < 1.29 is 19.1 Å². The minimum atomic E-state index is -0.428. The molecule has 1 aliphatic rings. The molecule has 0 amide bonds. The third-order valence-corrected chi connectivity index (χ3v) is 4.59. The second-order valence-electron chi connectivity index (χ2n) is 4.77. The number of methoxy groups -OCH3 is 2. The zero-order chi connectivity index (χ0) is 14.8. The third kappa shape index (κ3) is 2.84. The average molecular weight is 308 g/mol. The van der Waals surface area contributed by atoms with Crippen molar-refractivity contribution in [3.05, 3.63) is 24.1 Å². The molecule has 2 heterocycles. The number of ether oxygens (including phenoxy) is 2. The molecule has 2 atom stereocenters. The lowest BCUT2D eigenvalue weighted by atomic mass is 10.1. The second kappa shape index (κ2) is 5.95. The fourth-order valence-corrected chi connectivity index (χ4v) is 3.45. The van der Waals surface area contributed by atoms with Crippen molar-refractivity contribution in [2.75, 3.05) is 25.7 Å². The van der Waals surface area contributed by atoms with Gasteiger partial charge in [-0.2, -0.15) is 16.7 Å². The van der Waals surface area contributed by atoms with Gasteiger partial charge in [-0.1, -0.05) is 5.16 Å². The van der Waals surface area contributed by atoms with Crippen LogP contribution >= 0.6 is 11.8 Å². The van der Waals surface area contributed by atoms with Crippen molar-refractivity contribution >= 4 is 11.8 Å². The summed E-state index contributed by atoms with van der Waals surface area (Å²) in [6.07, 6.45) is -0.428. The molecule has 1 aromatic heterocycles. The first-order chi connectivity index (χ1) is 10.2. The zero-order valence-electron chi connectivity index (χ0n) is 11.8. The van der Waals surface area contributed by atoms with Gasteiger partial charge in [0.05, 0.1) is 26.2 Å². The minimum absolute atomic E-state index is 0.0937. The molecule has 1 aromatic carbocycles. The first-order valence-corrected chi connectivity index (χ1v) is 7.69. The predicted octanol–water partition coefficient (Wildman–Crippen LogP) is 1.95. The summed E-state index contributed by atoms with van der Waals surface area (Å²) in [7, 11) is 3.18. The molecule has 7 heteroatoms. The van der Waals surface area contributed by atoms with Gasteiger partial charge in [0.2, 0.25) is 11.7 Å². The van der Waals surface area contributed by atoms with Crippen LogP contribution in [0.25, 0.3) is 11.4 Å². The highest BCUT2D eigenvalue weighted by atomic mass is 32.2. The van der Waals surface area contributed by atoms with Crippen LogP contribution < -0.4 is 9.47 Å². The average Bonchev–Trinajstić information content (AvgIpc) is 3.15. The van der Waals surface area contributed by atoms with Gasteiger partial charge in [-0.15, -0.1) is 0 Å². The number of hydrogen-bond donors (Lipinski definition) is 1. The van der Waals surface area contributed by atoms with E-state index in [4.69, 9.17) is 14.0 Å². The number of rotatable bonds is 4. The van der Waals surface area contributed by atoms with Crippen molar-refractivity contribution in [3.8, 4) is 22.9 Å². The molecule has 1 fully saturated rings. The highest BCUT2D eigenvalue weighted by Crippen LogP contribution is 2.34. The molecular weight excluding hydrogens is 292 g/mol. The Hall–Kier alpha value is -1.73. The second-order valence-corrected chi connectivity index (χ2v) is 5.84. The standard InChI is InChI=1S/C14H16N2O4S/c1-18-9-3-8(4-10(5-9)19-2)13-15-14(20-16-13)11-6-21-7-12(11)17/h3-5,11-12,17H,6-7H2,1-2H3. The van der Waals surface area contributed by atoms with Crippen molar-refractivity contribution in [2.45, 2.75) is 12.0 Å². The Kier molecular flexibility index (Phi) is 4.03. The van der Waals surface area contributed by atoms with Gasteiger partial charge in [-0.3, -0.25) is 0 Å². The zero-order valence-corrected chi connectivity index (χ0v) is 12.6. The monoisotopic (exact) mass is 308 g/mol. The molecule has 0 radical (unpaired) electrons. The highest BCUT2D eigenvalue weighted by Gasteiger charge is 2.32. The summed E-state index contributed by atoms with van der Waals surface area (Å²) < 4.78 is 15.8. The lowest BCUT2D eigenvalue weighted by Crippen LogP contribution is -2.15. The summed E-state index contributed by atoms with van der Waals surface area (Å²) in [5, 5.41) is 13.9. The molecule has 3 rings (SSSR count). The van der Waals surface area contributed by atoms with Crippen LogP contribution in [0.4, 0.5) is 0 Å². The first kappa shape index (κ1) is 14.2. The van der Waals surface area contributed by atoms with E-state index in [1.807, 2.05) is 12.1 Å². The number of nitrogens with zero attached hydrogens (tertiary/aromatic N) is 2. The number of hydrogen-bond acceptors (Lipinski definition) is 7. The van der Waals surface area contributed by atoms with Gasteiger partial charge in [0.15, 0.2) is 0 Å². The summed E-state index contributed by atoms with van der Waals surface area (Å²) in [6.45, 7) is 0. The van der Waals surface area contributed by atoms with Crippen LogP contribution in [0.15, 0.2) is 22.7 Å². The maximum atomic E-state index is 9.90. The molecule has 112 valence electrons. The van der Waals surface area contributed by atoms with Gasteiger partial charge < -0.3 is 19.1 Å². The van der Waals surface area contributed by atoms with Crippen LogP contribution in [0, 0.1) is 0 Å². The lowest BCUT2D eigenvalue weighted by Gasteiger charge is -2.07. The molecule has 0 spiro atoms. The van der Waals surface area contributed by atoms with E-state index < -0.39 is 6.10 Å². The molecule has 0 bridgehead atoms. The van der Waals surface area contributed by atoms with Crippen molar-refractivity contribution in [3.63, 3.8) is 0 Å². The predicted molar refractivity (Wildman–Crippen MR) is 78.9 cm³/mol. The molecule has 1 saturated heterocycles. The largest absolute Gasteiger partial charge is 0.497 e. The Labute approximate surface area is 126 Å². The quantitative estimate of drug-likeness (QED) is 0.924. The molecule has 0 saturated carbocycles. The first-order valence-electron chi connectivity index (χ1n) is 6.54. The van der Waals surface area contributed by atoms with Gasteiger partial charge in [0.25, 0.3) is 0 Å². The van der Waals surface area contributed by atoms with Gasteiger partial charge in [0, 0.05) is 23.1 Å². The van der Waals surface area contributed by atoms with Crippen molar-refractivity contribution in [1.29, 1.82) is 0 Å². The normalized spacial score (nSPS) is 21.5. The molecular formula is C14H16N2O4S. The maximum Gasteiger partial charge on any atom is 0.233 e. The highest BCUT2D eigenvalue weighted by molar-refractivity contribution is 7.99. The minimum Gasteiger partial charge on any atom is -0.497 e. The Morgan fingerprint density at radius 1 is 1.19 bits per heavy atom. The molecule has 6 nitrogen and oxygen atoms in total. The summed E-state index contributed by atoms with van der Waals surface area (Å²) in [5.41, 5.74) is 0.751. The molecule has 2 aromatic rings. The van der Waals surface area contributed by atoms with Crippen LogP contribution in [0.3, 0.4) is 0 Å². The number of thioether (sulfide) groups is 1. The van der Waals surface area contributed by atoms with E-state index in [0.29, 0.717) is 29.0 Å². The van der Waals surface area contributed by atoms with Gasteiger partial charge in [-0.25, -0.2) is 0 Å².